The van der Waals surface area contributed by atoms with E-state index < -0.39 is 0 Å². The van der Waals surface area contributed by atoms with E-state index in [4.69, 9.17) is 0 Å². The molecule has 22 heavy (non-hydrogen) atoms. The minimum atomic E-state index is -0.130. The van der Waals surface area contributed by atoms with Crippen molar-refractivity contribution < 1.29 is 4.79 Å². The van der Waals surface area contributed by atoms with Gasteiger partial charge in [-0.2, -0.15) is 0 Å². The van der Waals surface area contributed by atoms with Gasteiger partial charge in [0.25, 0.3) is 0 Å². The van der Waals surface area contributed by atoms with E-state index in [-0.39, 0.29) is 6.03 Å². The Labute approximate surface area is 134 Å². The summed E-state index contributed by atoms with van der Waals surface area (Å²) in [5.41, 5.74) is 2.18. The maximum atomic E-state index is 11.7. The van der Waals surface area contributed by atoms with E-state index in [2.05, 4.69) is 41.5 Å². The van der Waals surface area contributed by atoms with Crippen LogP contribution in [0.3, 0.4) is 0 Å². The Morgan fingerprint density at radius 1 is 1.14 bits per heavy atom. The van der Waals surface area contributed by atoms with Crippen LogP contribution in [0.1, 0.15) is 38.7 Å². The number of amides is 2. The molecule has 0 aromatic heterocycles. The lowest BCUT2D eigenvalue weighted by molar-refractivity contribution is 0.231. The first-order valence-electron chi connectivity index (χ1n) is 8.49. The predicted octanol–water partition coefficient (Wildman–Crippen LogP) is 3.49. The lowest BCUT2D eigenvalue weighted by Gasteiger charge is -2.26. The summed E-state index contributed by atoms with van der Waals surface area (Å²) in [6.45, 7) is 8.49. The van der Waals surface area contributed by atoms with Crippen LogP contribution in [0.25, 0.3) is 0 Å². The average Bonchev–Trinajstić information content (AvgIpc) is 2.53. The molecule has 0 saturated carbocycles. The fraction of sp³-hybridized carbons (Fsp3) is 0.611. The summed E-state index contributed by atoms with van der Waals surface area (Å²) >= 11 is 0. The number of piperidine rings is 1. The van der Waals surface area contributed by atoms with Gasteiger partial charge in [0.05, 0.1) is 0 Å². The molecule has 0 unspecified atom stereocenters. The Morgan fingerprint density at radius 3 is 2.45 bits per heavy atom. The number of carbonyl (C=O) groups excluding carboxylic acids is 1. The number of rotatable bonds is 6. The Morgan fingerprint density at radius 2 is 1.82 bits per heavy atom. The first-order valence-corrected chi connectivity index (χ1v) is 8.49. The molecular formula is C18H29N3O. The summed E-state index contributed by atoms with van der Waals surface area (Å²) in [6.07, 6.45) is 5.15. The molecule has 1 fully saturated rings. The van der Waals surface area contributed by atoms with Crippen LogP contribution in [-0.4, -0.2) is 37.1 Å². The smallest absolute Gasteiger partial charge is 0.319 e. The quantitative estimate of drug-likeness (QED) is 0.845. The molecule has 2 N–H and O–H groups in total. The lowest BCUT2D eigenvalue weighted by atomic mass is 10.1. The van der Waals surface area contributed by atoms with Crippen LogP contribution in [0, 0.1) is 5.92 Å². The zero-order chi connectivity index (χ0) is 15.8. The van der Waals surface area contributed by atoms with Crippen molar-refractivity contribution in [1.82, 2.24) is 10.2 Å². The number of nitrogens with one attached hydrogen (secondary N) is 2. The molecule has 1 heterocycles. The van der Waals surface area contributed by atoms with Crippen molar-refractivity contribution in [2.45, 2.75) is 39.5 Å². The number of hydrogen-bond acceptors (Lipinski definition) is 2. The molecule has 0 aliphatic carbocycles. The largest absolute Gasteiger partial charge is 0.338 e. The van der Waals surface area contributed by atoms with E-state index in [0.29, 0.717) is 12.5 Å². The maximum Gasteiger partial charge on any atom is 0.319 e. The third-order valence-electron chi connectivity index (χ3n) is 4.05. The molecule has 1 aromatic rings. The average molecular weight is 303 g/mol. The normalized spacial score (nSPS) is 15.8. The van der Waals surface area contributed by atoms with Crippen LogP contribution in [-0.2, 0) is 6.42 Å². The van der Waals surface area contributed by atoms with Crippen LogP contribution in [0.4, 0.5) is 10.5 Å². The predicted molar refractivity (Wildman–Crippen MR) is 92.3 cm³/mol. The second-order valence-corrected chi connectivity index (χ2v) is 6.58. The summed E-state index contributed by atoms with van der Waals surface area (Å²) < 4.78 is 0. The Kier molecular flexibility index (Phi) is 6.72. The van der Waals surface area contributed by atoms with Gasteiger partial charge in [0.15, 0.2) is 0 Å². The molecule has 0 atom stereocenters. The van der Waals surface area contributed by atoms with Gasteiger partial charge >= 0.3 is 6.03 Å². The molecule has 1 aliphatic rings. The van der Waals surface area contributed by atoms with Crippen molar-refractivity contribution in [3.8, 4) is 0 Å². The van der Waals surface area contributed by atoms with Crippen molar-refractivity contribution in [1.29, 1.82) is 0 Å². The highest BCUT2D eigenvalue weighted by Crippen LogP contribution is 2.13. The fourth-order valence-corrected chi connectivity index (χ4v) is 2.70. The van der Waals surface area contributed by atoms with Gasteiger partial charge in [0.1, 0.15) is 0 Å². The zero-order valence-corrected chi connectivity index (χ0v) is 13.9. The number of benzene rings is 1. The Bertz CT molecular complexity index is 450. The molecule has 122 valence electrons. The van der Waals surface area contributed by atoms with E-state index in [1.807, 2.05) is 12.1 Å². The van der Waals surface area contributed by atoms with Crippen molar-refractivity contribution in [3.05, 3.63) is 29.8 Å². The molecule has 0 bridgehead atoms. The second-order valence-electron chi connectivity index (χ2n) is 6.58. The minimum Gasteiger partial charge on any atom is -0.338 e. The number of carbonyl (C=O) groups is 1. The molecule has 0 spiro atoms. The Hall–Kier alpha value is -1.55. The minimum absolute atomic E-state index is 0.130. The highest BCUT2D eigenvalue weighted by atomic mass is 16.2. The number of likely N-dealkylation sites (tertiary alicyclic amines) is 1. The number of urea groups is 1. The maximum absolute atomic E-state index is 11.7. The van der Waals surface area contributed by atoms with E-state index in [0.717, 1.165) is 18.7 Å². The van der Waals surface area contributed by atoms with Crippen molar-refractivity contribution >= 4 is 11.7 Å². The summed E-state index contributed by atoms with van der Waals surface area (Å²) in [5, 5.41) is 5.73. The molecule has 2 rings (SSSR count). The van der Waals surface area contributed by atoms with Crippen molar-refractivity contribution in [2.24, 2.45) is 5.92 Å². The van der Waals surface area contributed by atoms with Crippen molar-refractivity contribution in [3.63, 3.8) is 0 Å². The zero-order valence-electron chi connectivity index (χ0n) is 13.9. The first kappa shape index (κ1) is 16.8. The molecule has 1 aromatic carbocycles. The van der Waals surface area contributed by atoms with Gasteiger partial charge in [0, 0.05) is 18.8 Å². The second kappa shape index (κ2) is 8.79. The van der Waals surface area contributed by atoms with Gasteiger partial charge < -0.3 is 15.5 Å². The van der Waals surface area contributed by atoms with Crippen LogP contribution < -0.4 is 10.6 Å². The van der Waals surface area contributed by atoms with E-state index in [1.54, 1.807) is 0 Å². The first-order chi connectivity index (χ1) is 10.6. The number of anilines is 1. The SMILES string of the molecule is CC(C)CNC(=O)Nc1ccc(CCN2CCCCC2)cc1. The summed E-state index contributed by atoms with van der Waals surface area (Å²) in [6, 6.07) is 8.07. The molecular weight excluding hydrogens is 274 g/mol. The standard InChI is InChI=1S/C18H29N3O/c1-15(2)14-19-18(22)20-17-8-6-16(7-9-17)10-13-21-11-4-3-5-12-21/h6-9,15H,3-5,10-14H2,1-2H3,(H2,19,20,22). The molecule has 1 saturated heterocycles. The van der Waals surface area contributed by atoms with Crippen LogP contribution >= 0.6 is 0 Å². The van der Waals surface area contributed by atoms with Gasteiger partial charge in [-0.15, -0.1) is 0 Å². The van der Waals surface area contributed by atoms with Crippen LogP contribution in [0.15, 0.2) is 24.3 Å². The number of nitrogens with zero attached hydrogens (tertiary/aromatic N) is 1. The summed E-state index contributed by atoms with van der Waals surface area (Å²) in [5.74, 6) is 0.461. The third-order valence-corrected chi connectivity index (χ3v) is 4.05. The lowest BCUT2D eigenvalue weighted by Crippen LogP contribution is -2.31. The molecule has 1 aliphatic heterocycles. The van der Waals surface area contributed by atoms with Gasteiger partial charge in [0.2, 0.25) is 0 Å². The molecule has 0 radical (unpaired) electrons. The van der Waals surface area contributed by atoms with Crippen LogP contribution in [0.2, 0.25) is 0 Å². The number of hydrogen-bond donors (Lipinski definition) is 2. The van der Waals surface area contributed by atoms with Gasteiger partial charge in [-0.25, -0.2) is 4.79 Å². The summed E-state index contributed by atoms with van der Waals surface area (Å²) in [7, 11) is 0. The highest BCUT2D eigenvalue weighted by Gasteiger charge is 2.09. The fourth-order valence-electron chi connectivity index (χ4n) is 2.70. The highest BCUT2D eigenvalue weighted by molar-refractivity contribution is 5.89. The van der Waals surface area contributed by atoms with Crippen molar-refractivity contribution in [2.75, 3.05) is 31.5 Å². The monoisotopic (exact) mass is 303 g/mol. The third kappa shape index (κ3) is 6.06. The molecule has 4 nitrogen and oxygen atoms in total. The Balaban J connectivity index is 1.73. The van der Waals surface area contributed by atoms with Gasteiger partial charge in [-0.05, 0) is 56.0 Å². The van der Waals surface area contributed by atoms with E-state index in [1.165, 1.54) is 37.9 Å². The van der Waals surface area contributed by atoms with Gasteiger partial charge in [-0.3, -0.25) is 0 Å². The topological polar surface area (TPSA) is 44.4 Å². The van der Waals surface area contributed by atoms with E-state index in [9.17, 15) is 4.79 Å². The molecule has 2 amide bonds. The van der Waals surface area contributed by atoms with E-state index >= 15 is 0 Å². The van der Waals surface area contributed by atoms with Crippen LogP contribution in [0.5, 0.6) is 0 Å². The summed E-state index contributed by atoms with van der Waals surface area (Å²) in [4.78, 5) is 14.3. The molecule has 4 heteroatoms. The van der Waals surface area contributed by atoms with Gasteiger partial charge in [-0.1, -0.05) is 32.4 Å².